The lowest BCUT2D eigenvalue weighted by Crippen LogP contribution is -2.14. The topological polar surface area (TPSA) is 47.0 Å². The van der Waals surface area contributed by atoms with Crippen LogP contribution in [0.4, 0.5) is 14.6 Å². The van der Waals surface area contributed by atoms with Crippen molar-refractivity contribution in [3.05, 3.63) is 16.5 Å². The van der Waals surface area contributed by atoms with Crippen LogP contribution in [0.2, 0.25) is 10.3 Å². The molecule has 1 N–H and O–H groups in total. The van der Waals surface area contributed by atoms with Gasteiger partial charge in [0, 0.05) is 6.54 Å². The summed E-state index contributed by atoms with van der Waals surface area (Å²) in [5.41, 5.74) is 0. The van der Waals surface area contributed by atoms with Crippen molar-refractivity contribution in [2.75, 3.05) is 25.1 Å². The van der Waals surface area contributed by atoms with E-state index in [1.807, 2.05) is 0 Å². The molecule has 1 rings (SSSR count). The Morgan fingerprint density at radius 2 is 2.19 bits per heavy atom. The molecule has 0 saturated heterocycles. The Morgan fingerprint density at radius 3 is 2.88 bits per heavy atom. The van der Waals surface area contributed by atoms with E-state index in [9.17, 15) is 8.78 Å². The summed E-state index contributed by atoms with van der Waals surface area (Å²) in [7, 11) is 0. The van der Waals surface area contributed by atoms with E-state index in [0.29, 0.717) is 17.4 Å². The molecular formula is C8H9Cl2F2N3O. The molecule has 1 aromatic rings. The fourth-order valence-electron chi connectivity index (χ4n) is 0.884. The van der Waals surface area contributed by atoms with Crippen molar-refractivity contribution < 1.29 is 13.5 Å². The third kappa shape index (κ3) is 4.87. The average molecular weight is 272 g/mol. The van der Waals surface area contributed by atoms with Crippen LogP contribution < -0.4 is 5.32 Å². The van der Waals surface area contributed by atoms with E-state index in [1.165, 1.54) is 6.20 Å². The van der Waals surface area contributed by atoms with Crippen molar-refractivity contribution >= 4 is 29.0 Å². The number of hydrogen-bond donors (Lipinski definition) is 1. The summed E-state index contributed by atoms with van der Waals surface area (Å²) in [6.07, 6.45) is -1.11. The molecule has 0 spiro atoms. The molecule has 0 radical (unpaired) electrons. The van der Waals surface area contributed by atoms with Crippen LogP contribution in [-0.4, -0.2) is 36.2 Å². The lowest BCUT2D eigenvalue weighted by molar-refractivity contribution is 0.0215. The van der Waals surface area contributed by atoms with Crippen LogP contribution in [0.15, 0.2) is 6.20 Å². The first-order valence-corrected chi connectivity index (χ1v) is 5.13. The van der Waals surface area contributed by atoms with Crippen LogP contribution in [0.1, 0.15) is 0 Å². The summed E-state index contributed by atoms with van der Waals surface area (Å²) < 4.78 is 28.0. The maximum Gasteiger partial charge on any atom is 0.261 e. The van der Waals surface area contributed by atoms with Gasteiger partial charge < -0.3 is 10.1 Å². The summed E-state index contributed by atoms with van der Waals surface area (Å²) in [5.74, 6) is 0.349. The zero-order chi connectivity index (χ0) is 12.0. The second kappa shape index (κ2) is 6.78. The minimum Gasteiger partial charge on any atom is -0.374 e. The van der Waals surface area contributed by atoms with Crippen molar-refractivity contribution in [3.8, 4) is 0 Å². The van der Waals surface area contributed by atoms with Gasteiger partial charge in [-0.1, -0.05) is 11.6 Å². The Hall–Kier alpha value is -0.720. The van der Waals surface area contributed by atoms with Gasteiger partial charge in [0.2, 0.25) is 5.28 Å². The van der Waals surface area contributed by atoms with Gasteiger partial charge in [-0.15, -0.1) is 0 Å². The monoisotopic (exact) mass is 271 g/mol. The van der Waals surface area contributed by atoms with Gasteiger partial charge in [-0.05, 0) is 11.6 Å². The number of anilines is 1. The van der Waals surface area contributed by atoms with Gasteiger partial charge in [-0.2, -0.15) is 4.98 Å². The Kier molecular flexibility index (Phi) is 5.65. The third-order valence-electron chi connectivity index (χ3n) is 1.50. The van der Waals surface area contributed by atoms with Crippen LogP contribution in [0.3, 0.4) is 0 Å². The minimum absolute atomic E-state index is 0.0559. The number of ether oxygens (including phenoxy) is 1. The highest BCUT2D eigenvalue weighted by atomic mass is 35.5. The first-order valence-electron chi connectivity index (χ1n) is 4.37. The predicted molar refractivity (Wildman–Crippen MR) is 57.4 cm³/mol. The van der Waals surface area contributed by atoms with Gasteiger partial charge >= 0.3 is 0 Å². The van der Waals surface area contributed by atoms with Crippen molar-refractivity contribution in [1.82, 2.24) is 9.97 Å². The Bertz CT molecular complexity index is 341. The van der Waals surface area contributed by atoms with E-state index in [2.05, 4.69) is 20.0 Å². The van der Waals surface area contributed by atoms with E-state index in [0.717, 1.165) is 0 Å². The van der Waals surface area contributed by atoms with Crippen LogP contribution in [-0.2, 0) is 4.74 Å². The number of rotatable bonds is 6. The molecule has 0 amide bonds. The highest BCUT2D eigenvalue weighted by molar-refractivity contribution is 6.33. The molecule has 4 nitrogen and oxygen atoms in total. The van der Waals surface area contributed by atoms with Crippen LogP contribution >= 0.6 is 23.2 Å². The van der Waals surface area contributed by atoms with Crippen molar-refractivity contribution in [2.24, 2.45) is 0 Å². The SMILES string of the molecule is FC(F)COCCNc1nc(Cl)ncc1Cl. The first-order chi connectivity index (χ1) is 7.59. The third-order valence-corrected chi connectivity index (χ3v) is 1.96. The number of aromatic nitrogens is 2. The Balaban J connectivity index is 2.29. The highest BCUT2D eigenvalue weighted by Gasteiger charge is 2.04. The van der Waals surface area contributed by atoms with Gasteiger partial charge in [0.1, 0.15) is 17.4 Å². The lowest BCUT2D eigenvalue weighted by atomic mass is 10.5. The average Bonchev–Trinajstić information content (AvgIpc) is 2.22. The molecule has 0 aliphatic carbocycles. The van der Waals surface area contributed by atoms with E-state index >= 15 is 0 Å². The molecule has 0 unspecified atom stereocenters. The number of nitrogens with one attached hydrogen (secondary N) is 1. The molecule has 0 aliphatic rings. The van der Waals surface area contributed by atoms with E-state index in [4.69, 9.17) is 23.2 Å². The number of alkyl halides is 2. The molecule has 0 aromatic carbocycles. The minimum atomic E-state index is -2.46. The van der Waals surface area contributed by atoms with Crippen molar-refractivity contribution in [3.63, 3.8) is 0 Å². The predicted octanol–water partition coefficient (Wildman–Crippen LogP) is 2.48. The number of nitrogens with zero attached hydrogens (tertiary/aromatic N) is 2. The maximum atomic E-state index is 11.7. The molecule has 1 aromatic heterocycles. The van der Waals surface area contributed by atoms with Crippen molar-refractivity contribution in [1.29, 1.82) is 0 Å². The van der Waals surface area contributed by atoms with Gasteiger partial charge in [0.25, 0.3) is 6.43 Å². The van der Waals surface area contributed by atoms with E-state index in [-0.39, 0.29) is 11.9 Å². The molecule has 1 heterocycles. The number of halogens is 4. The number of hydrogen-bond acceptors (Lipinski definition) is 4. The van der Waals surface area contributed by atoms with Crippen LogP contribution in [0.25, 0.3) is 0 Å². The molecule has 16 heavy (non-hydrogen) atoms. The Morgan fingerprint density at radius 1 is 1.44 bits per heavy atom. The summed E-state index contributed by atoms with van der Waals surface area (Å²) in [5, 5.41) is 3.15. The Labute approximate surface area is 101 Å². The smallest absolute Gasteiger partial charge is 0.261 e. The van der Waals surface area contributed by atoms with Gasteiger partial charge in [-0.3, -0.25) is 0 Å². The van der Waals surface area contributed by atoms with E-state index < -0.39 is 13.0 Å². The van der Waals surface area contributed by atoms with Crippen LogP contribution in [0.5, 0.6) is 0 Å². The molecule has 0 saturated carbocycles. The second-order valence-corrected chi connectivity index (χ2v) is 3.47. The largest absolute Gasteiger partial charge is 0.374 e. The molecule has 8 heteroatoms. The second-order valence-electron chi connectivity index (χ2n) is 2.73. The van der Waals surface area contributed by atoms with Crippen molar-refractivity contribution in [2.45, 2.75) is 6.43 Å². The molecule has 0 aliphatic heterocycles. The summed E-state index contributed by atoms with van der Waals surface area (Å²) in [4.78, 5) is 7.47. The normalized spacial score (nSPS) is 10.8. The molecular weight excluding hydrogens is 263 g/mol. The zero-order valence-electron chi connectivity index (χ0n) is 8.09. The van der Waals surface area contributed by atoms with E-state index in [1.54, 1.807) is 0 Å². The maximum absolute atomic E-state index is 11.7. The zero-order valence-corrected chi connectivity index (χ0v) is 9.60. The van der Waals surface area contributed by atoms with Gasteiger partial charge in [0.15, 0.2) is 0 Å². The van der Waals surface area contributed by atoms with Gasteiger partial charge in [0.05, 0.1) is 12.8 Å². The molecule has 0 fully saturated rings. The summed E-state index contributed by atoms with van der Waals surface area (Å²) >= 11 is 11.3. The molecule has 90 valence electrons. The molecule has 0 atom stereocenters. The van der Waals surface area contributed by atoms with Gasteiger partial charge in [-0.25, -0.2) is 13.8 Å². The summed E-state index contributed by atoms with van der Waals surface area (Å²) in [6, 6.07) is 0. The first kappa shape index (κ1) is 13.3. The fourth-order valence-corrected chi connectivity index (χ4v) is 1.17. The fraction of sp³-hybridized carbons (Fsp3) is 0.500. The summed E-state index contributed by atoms with van der Waals surface area (Å²) in [6.45, 7) is -0.151. The lowest BCUT2D eigenvalue weighted by Gasteiger charge is -2.07. The molecule has 0 bridgehead atoms. The standard InChI is InChI=1S/C8H9Cl2F2N3O/c9-5-3-14-8(10)15-7(5)13-1-2-16-4-6(11)12/h3,6H,1-2,4H2,(H,13,14,15). The quantitative estimate of drug-likeness (QED) is 0.638. The highest BCUT2D eigenvalue weighted by Crippen LogP contribution is 2.18. The van der Waals surface area contributed by atoms with Crippen LogP contribution in [0, 0.1) is 0 Å².